The Morgan fingerprint density at radius 2 is 2.41 bits per heavy atom. The van der Waals surface area contributed by atoms with Crippen LogP contribution in [-0.4, -0.2) is 37.5 Å². The van der Waals surface area contributed by atoms with E-state index in [1.165, 1.54) is 11.3 Å². The summed E-state index contributed by atoms with van der Waals surface area (Å²) in [6.45, 7) is 2.73. The second kappa shape index (κ2) is 5.82. The third kappa shape index (κ3) is 3.10. The maximum absolute atomic E-state index is 12.2. The minimum atomic E-state index is 0.153. The second-order valence-corrected chi connectivity index (χ2v) is 7.42. The lowest BCUT2D eigenvalue weighted by Gasteiger charge is -2.15. The molecule has 1 unspecified atom stereocenters. The van der Waals surface area contributed by atoms with E-state index in [0.29, 0.717) is 5.92 Å². The van der Waals surface area contributed by atoms with Crippen molar-refractivity contribution in [1.29, 1.82) is 0 Å². The van der Waals surface area contributed by atoms with Crippen LogP contribution < -0.4 is 5.32 Å². The number of nitrogens with one attached hydrogen (secondary N) is 1. The summed E-state index contributed by atoms with van der Waals surface area (Å²) in [5.41, 5.74) is 0. The van der Waals surface area contributed by atoms with E-state index in [1.54, 1.807) is 0 Å². The zero-order valence-electron chi connectivity index (χ0n) is 9.50. The fraction of sp³-hybridized carbons (Fsp3) is 0.545. The number of nitrogens with zero attached hydrogens (tertiary/aromatic N) is 1. The molecule has 1 aliphatic heterocycles. The zero-order valence-corrected chi connectivity index (χ0v) is 13.5. The van der Waals surface area contributed by atoms with Crippen LogP contribution in [0.5, 0.6) is 0 Å². The van der Waals surface area contributed by atoms with E-state index in [1.807, 2.05) is 18.0 Å². The highest BCUT2D eigenvalue weighted by atomic mass is 79.9. The number of carbonyl (C=O) groups is 1. The molecule has 2 rings (SSSR count). The van der Waals surface area contributed by atoms with E-state index in [4.69, 9.17) is 0 Å². The summed E-state index contributed by atoms with van der Waals surface area (Å²) >= 11 is 8.32. The smallest absolute Gasteiger partial charge is 0.264 e. The van der Waals surface area contributed by atoms with E-state index < -0.39 is 0 Å². The maximum Gasteiger partial charge on any atom is 0.264 e. The topological polar surface area (TPSA) is 32.3 Å². The van der Waals surface area contributed by atoms with Gasteiger partial charge in [0.05, 0.1) is 8.66 Å². The van der Waals surface area contributed by atoms with Gasteiger partial charge < -0.3 is 10.2 Å². The van der Waals surface area contributed by atoms with Crippen molar-refractivity contribution in [3.8, 4) is 0 Å². The summed E-state index contributed by atoms with van der Waals surface area (Å²) in [6, 6.07) is 1.89. The van der Waals surface area contributed by atoms with Crippen LogP contribution >= 0.6 is 43.2 Å². The van der Waals surface area contributed by atoms with Gasteiger partial charge in [-0.1, -0.05) is 0 Å². The van der Waals surface area contributed by atoms with Crippen molar-refractivity contribution in [2.75, 3.05) is 26.7 Å². The summed E-state index contributed by atoms with van der Waals surface area (Å²) in [5.74, 6) is 0.746. The third-order valence-corrected chi connectivity index (χ3v) is 6.17. The van der Waals surface area contributed by atoms with Crippen molar-refractivity contribution in [3.05, 3.63) is 19.2 Å². The van der Waals surface area contributed by atoms with Gasteiger partial charge in [0, 0.05) is 17.6 Å². The molecule has 17 heavy (non-hydrogen) atoms. The standard InChI is InChI=1S/C11H14Br2N2OS/c1-14-5-7-2-3-15(6-7)11(16)9-4-8(12)10(13)17-9/h4,7,14H,2-3,5-6H2,1H3. The van der Waals surface area contributed by atoms with E-state index in [0.717, 1.165) is 39.2 Å². The predicted molar refractivity (Wildman–Crippen MR) is 77.7 cm³/mol. The molecular weight excluding hydrogens is 368 g/mol. The molecule has 3 nitrogen and oxygen atoms in total. The Kier molecular flexibility index (Phi) is 4.63. The lowest BCUT2D eigenvalue weighted by atomic mass is 10.1. The normalized spacial score (nSPS) is 19.9. The number of thiophene rings is 1. The summed E-state index contributed by atoms with van der Waals surface area (Å²) in [7, 11) is 1.96. The van der Waals surface area contributed by atoms with Gasteiger partial charge in [0.2, 0.25) is 0 Å². The van der Waals surface area contributed by atoms with E-state index in [9.17, 15) is 4.79 Å². The predicted octanol–water partition coefficient (Wildman–Crippen LogP) is 2.95. The van der Waals surface area contributed by atoms with Crippen LogP contribution in [0.15, 0.2) is 14.3 Å². The van der Waals surface area contributed by atoms with Gasteiger partial charge in [-0.2, -0.15) is 0 Å². The minimum Gasteiger partial charge on any atom is -0.338 e. The summed E-state index contributed by atoms with van der Waals surface area (Å²) in [4.78, 5) is 15.0. The molecule has 0 spiro atoms. The maximum atomic E-state index is 12.2. The summed E-state index contributed by atoms with van der Waals surface area (Å²) in [6.07, 6.45) is 1.10. The Labute approximate surface area is 122 Å². The molecule has 1 aliphatic rings. The van der Waals surface area contributed by atoms with Crippen molar-refractivity contribution in [1.82, 2.24) is 10.2 Å². The van der Waals surface area contributed by atoms with Gasteiger partial charge in [0.1, 0.15) is 0 Å². The van der Waals surface area contributed by atoms with Crippen LogP contribution in [0.4, 0.5) is 0 Å². The van der Waals surface area contributed by atoms with Crippen LogP contribution in [0, 0.1) is 5.92 Å². The number of carbonyl (C=O) groups excluding carboxylic acids is 1. The lowest BCUT2D eigenvalue weighted by molar-refractivity contribution is 0.0792. The Morgan fingerprint density at radius 1 is 1.65 bits per heavy atom. The average Bonchev–Trinajstić information content (AvgIpc) is 2.87. The van der Waals surface area contributed by atoms with Crippen LogP contribution in [0.3, 0.4) is 0 Å². The molecule has 0 radical (unpaired) electrons. The van der Waals surface area contributed by atoms with Crippen molar-refractivity contribution >= 4 is 49.1 Å². The van der Waals surface area contributed by atoms with Crippen molar-refractivity contribution < 1.29 is 4.79 Å². The van der Waals surface area contributed by atoms with Gasteiger partial charge in [-0.05, 0) is 63.9 Å². The number of hydrogen-bond acceptors (Lipinski definition) is 3. The number of halogens is 2. The highest BCUT2D eigenvalue weighted by molar-refractivity contribution is 9.13. The fourth-order valence-electron chi connectivity index (χ4n) is 2.08. The second-order valence-electron chi connectivity index (χ2n) is 4.20. The van der Waals surface area contributed by atoms with E-state index in [-0.39, 0.29) is 5.91 Å². The molecule has 1 amide bonds. The molecule has 1 N–H and O–H groups in total. The Morgan fingerprint density at radius 3 is 3.00 bits per heavy atom. The molecule has 1 fully saturated rings. The van der Waals surface area contributed by atoms with E-state index in [2.05, 4.69) is 37.2 Å². The first-order valence-corrected chi connectivity index (χ1v) is 7.90. The summed E-state index contributed by atoms with van der Waals surface area (Å²) in [5, 5.41) is 3.17. The fourth-order valence-corrected chi connectivity index (χ4v) is 4.08. The largest absolute Gasteiger partial charge is 0.338 e. The molecule has 94 valence electrons. The van der Waals surface area contributed by atoms with Crippen LogP contribution in [0.25, 0.3) is 0 Å². The first-order valence-electron chi connectivity index (χ1n) is 5.50. The third-order valence-electron chi connectivity index (χ3n) is 2.92. The molecule has 6 heteroatoms. The SMILES string of the molecule is CNCC1CCN(C(=O)c2cc(Br)c(Br)s2)C1. The lowest BCUT2D eigenvalue weighted by Crippen LogP contribution is -2.29. The van der Waals surface area contributed by atoms with Crippen LogP contribution in [0.1, 0.15) is 16.1 Å². The first-order chi connectivity index (χ1) is 8.11. The number of hydrogen-bond donors (Lipinski definition) is 1. The molecular formula is C11H14Br2N2OS. The Hall–Kier alpha value is 0.0900. The molecule has 0 saturated carbocycles. The van der Waals surface area contributed by atoms with Gasteiger partial charge in [-0.15, -0.1) is 11.3 Å². The highest BCUT2D eigenvalue weighted by Gasteiger charge is 2.27. The highest BCUT2D eigenvalue weighted by Crippen LogP contribution is 2.33. The Balaban J connectivity index is 2.02. The first kappa shape index (κ1) is 13.5. The molecule has 2 heterocycles. The van der Waals surface area contributed by atoms with Crippen molar-refractivity contribution in [2.24, 2.45) is 5.92 Å². The van der Waals surface area contributed by atoms with E-state index >= 15 is 0 Å². The summed E-state index contributed by atoms with van der Waals surface area (Å²) < 4.78 is 1.93. The number of amides is 1. The van der Waals surface area contributed by atoms with Crippen LogP contribution in [0.2, 0.25) is 0 Å². The number of likely N-dealkylation sites (tertiary alicyclic amines) is 1. The van der Waals surface area contributed by atoms with Gasteiger partial charge in [-0.25, -0.2) is 0 Å². The quantitative estimate of drug-likeness (QED) is 0.872. The van der Waals surface area contributed by atoms with Gasteiger partial charge in [-0.3, -0.25) is 4.79 Å². The zero-order chi connectivity index (χ0) is 12.4. The van der Waals surface area contributed by atoms with Crippen molar-refractivity contribution in [2.45, 2.75) is 6.42 Å². The molecule has 1 aromatic heterocycles. The van der Waals surface area contributed by atoms with Gasteiger partial charge in [0.15, 0.2) is 0 Å². The van der Waals surface area contributed by atoms with Gasteiger partial charge in [0.25, 0.3) is 5.91 Å². The van der Waals surface area contributed by atoms with Crippen molar-refractivity contribution in [3.63, 3.8) is 0 Å². The monoisotopic (exact) mass is 380 g/mol. The molecule has 0 aliphatic carbocycles. The van der Waals surface area contributed by atoms with Gasteiger partial charge >= 0.3 is 0 Å². The average molecular weight is 382 g/mol. The molecule has 0 bridgehead atoms. The molecule has 1 atom stereocenters. The minimum absolute atomic E-state index is 0.153. The molecule has 1 aromatic rings. The molecule has 0 aromatic carbocycles. The molecule has 1 saturated heterocycles. The number of rotatable bonds is 3. The van der Waals surface area contributed by atoms with Crippen LogP contribution in [-0.2, 0) is 0 Å². The Bertz CT molecular complexity index is 402.